The van der Waals surface area contributed by atoms with Gasteiger partial charge in [-0.25, -0.2) is 0 Å². The van der Waals surface area contributed by atoms with Crippen LogP contribution in [-0.4, -0.2) is 37.6 Å². The van der Waals surface area contributed by atoms with E-state index in [2.05, 4.69) is 41.4 Å². The van der Waals surface area contributed by atoms with Crippen LogP contribution in [0.4, 0.5) is 0 Å². The fraction of sp³-hybridized carbons (Fsp3) is 0.600. The molecule has 1 unspecified atom stereocenters. The van der Waals surface area contributed by atoms with Crippen LogP contribution in [0.25, 0.3) is 0 Å². The molecule has 1 atom stereocenters. The molecule has 1 saturated heterocycles. The van der Waals surface area contributed by atoms with Crippen LogP contribution in [0.15, 0.2) is 24.3 Å². The second-order valence-corrected chi connectivity index (χ2v) is 5.20. The van der Waals surface area contributed by atoms with Crippen LogP contribution in [0.1, 0.15) is 30.0 Å². The van der Waals surface area contributed by atoms with Crippen molar-refractivity contribution < 1.29 is 0 Å². The highest BCUT2D eigenvalue weighted by Crippen LogP contribution is 2.19. The normalized spacial score (nSPS) is 18.8. The van der Waals surface area contributed by atoms with Gasteiger partial charge in [0.25, 0.3) is 0 Å². The average Bonchev–Trinajstić information content (AvgIpc) is 2.40. The van der Waals surface area contributed by atoms with E-state index in [9.17, 15) is 0 Å². The van der Waals surface area contributed by atoms with Gasteiger partial charge in [-0.05, 0) is 37.4 Å². The van der Waals surface area contributed by atoms with Crippen molar-refractivity contribution in [1.29, 1.82) is 0 Å². The molecule has 1 heterocycles. The SMILES string of the molecule is Cc1ccccc1C(N)CCCN1CCNCC1. The second kappa shape index (κ2) is 6.88. The molecule has 1 aromatic rings. The highest BCUT2D eigenvalue weighted by Gasteiger charge is 2.11. The molecule has 0 bridgehead atoms. The third kappa shape index (κ3) is 3.80. The Bertz CT molecular complexity index is 359. The monoisotopic (exact) mass is 247 g/mol. The van der Waals surface area contributed by atoms with E-state index >= 15 is 0 Å². The van der Waals surface area contributed by atoms with Gasteiger partial charge >= 0.3 is 0 Å². The molecule has 18 heavy (non-hydrogen) atoms. The Morgan fingerprint density at radius 2 is 2.00 bits per heavy atom. The Balaban J connectivity index is 1.74. The first-order valence-electron chi connectivity index (χ1n) is 7.01. The Morgan fingerprint density at radius 3 is 2.72 bits per heavy atom. The van der Waals surface area contributed by atoms with Gasteiger partial charge < -0.3 is 16.0 Å². The van der Waals surface area contributed by atoms with Crippen molar-refractivity contribution in [3.05, 3.63) is 35.4 Å². The van der Waals surface area contributed by atoms with E-state index < -0.39 is 0 Å². The molecule has 3 nitrogen and oxygen atoms in total. The zero-order chi connectivity index (χ0) is 12.8. The van der Waals surface area contributed by atoms with Crippen LogP contribution < -0.4 is 11.1 Å². The van der Waals surface area contributed by atoms with Crippen molar-refractivity contribution in [2.75, 3.05) is 32.7 Å². The van der Waals surface area contributed by atoms with Gasteiger partial charge in [-0.1, -0.05) is 24.3 Å². The van der Waals surface area contributed by atoms with Crippen LogP contribution in [0.2, 0.25) is 0 Å². The minimum atomic E-state index is 0.189. The van der Waals surface area contributed by atoms with E-state index in [1.165, 1.54) is 37.2 Å². The van der Waals surface area contributed by atoms with Crippen molar-refractivity contribution in [3.8, 4) is 0 Å². The predicted octanol–water partition coefficient (Wildman–Crippen LogP) is 1.68. The first-order chi connectivity index (χ1) is 8.77. The molecular weight excluding hydrogens is 222 g/mol. The molecule has 3 N–H and O–H groups in total. The number of hydrogen-bond donors (Lipinski definition) is 2. The summed E-state index contributed by atoms with van der Waals surface area (Å²) in [6.07, 6.45) is 2.27. The zero-order valence-electron chi connectivity index (χ0n) is 11.4. The molecule has 0 spiro atoms. The molecule has 0 aliphatic carbocycles. The fourth-order valence-electron chi connectivity index (χ4n) is 2.63. The zero-order valence-corrected chi connectivity index (χ0v) is 11.4. The molecule has 2 rings (SSSR count). The van der Waals surface area contributed by atoms with Gasteiger partial charge in [0.15, 0.2) is 0 Å². The Labute approximate surface area is 110 Å². The van der Waals surface area contributed by atoms with E-state index in [0.717, 1.165) is 19.5 Å². The maximum absolute atomic E-state index is 6.28. The molecule has 0 radical (unpaired) electrons. The summed E-state index contributed by atoms with van der Waals surface area (Å²) in [5.74, 6) is 0. The number of hydrogen-bond acceptors (Lipinski definition) is 3. The van der Waals surface area contributed by atoms with E-state index in [4.69, 9.17) is 5.73 Å². The molecule has 0 aromatic heterocycles. The third-order valence-electron chi connectivity index (χ3n) is 3.79. The summed E-state index contributed by atoms with van der Waals surface area (Å²) in [5, 5.41) is 3.38. The molecule has 1 aliphatic rings. The minimum absolute atomic E-state index is 0.189. The molecular formula is C15H25N3. The predicted molar refractivity (Wildman–Crippen MR) is 76.7 cm³/mol. The Kier molecular flexibility index (Phi) is 5.17. The minimum Gasteiger partial charge on any atom is -0.324 e. The number of benzene rings is 1. The van der Waals surface area contributed by atoms with Gasteiger partial charge in [0.2, 0.25) is 0 Å². The van der Waals surface area contributed by atoms with Gasteiger partial charge in [-0.2, -0.15) is 0 Å². The molecule has 100 valence electrons. The summed E-state index contributed by atoms with van der Waals surface area (Å²) in [4.78, 5) is 2.53. The maximum atomic E-state index is 6.28. The Hall–Kier alpha value is -0.900. The number of nitrogens with zero attached hydrogens (tertiary/aromatic N) is 1. The summed E-state index contributed by atoms with van der Waals surface area (Å²) in [7, 11) is 0. The lowest BCUT2D eigenvalue weighted by Crippen LogP contribution is -2.43. The summed E-state index contributed by atoms with van der Waals surface area (Å²) >= 11 is 0. The number of rotatable bonds is 5. The Morgan fingerprint density at radius 1 is 1.28 bits per heavy atom. The van der Waals surface area contributed by atoms with E-state index in [1.807, 2.05) is 0 Å². The third-order valence-corrected chi connectivity index (χ3v) is 3.79. The fourth-order valence-corrected chi connectivity index (χ4v) is 2.63. The standard InChI is InChI=1S/C15H25N3/c1-13-5-2-3-6-14(13)15(16)7-4-10-18-11-8-17-9-12-18/h2-3,5-6,15,17H,4,7-12,16H2,1H3. The number of nitrogens with two attached hydrogens (primary N) is 1. The molecule has 0 saturated carbocycles. The molecule has 1 aromatic carbocycles. The van der Waals surface area contributed by atoms with Gasteiger partial charge in [-0.15, -0.1) is 0 Å². The van der Waals surface area contributed by atoms with Crippen LogP contribution in [0.5, 0.6) is 0 Å². The summed E-state index contributed by atoms with van der Waals surface area (Å²) in [6, 6.07) is 8.65. The largest absolute Gasteiger partial charge is 0.324 e. The maximum Gasteiger partial charge on any atom is 0.0297 e. The first kappa shape index (κ1) is 13.5. The smallest absolute Gasteiger partial charge is 0.0297 e. The van der Waals surface area contributed by atoms with Crippen LogP contribution in [0.3, 0.4) is 0 Å². The van der Waals surface area contributed by atoms with Crippen molar-refractivity contribution in [2.24, 2.45) is 5.73 Å². The van der Waals surface area contributed by atoms with Crippen LogP contribution in [-0.2, 0) is 0 Å². The number of piperazine rings is 1. The van der Waals surface area contributed by atoms with Crippen molar-refractivity contribution >= 4 is 0 Å². The second-order valence-electron chi connectivity index (χ2n) is 5.20. The van der Waals surface area contributed by atoms with E-state index in [1.54, 1.807) is 0 Å². The molecule has 0 amide bonds. The van der Waals surface area contributed by atoms with Crippen LogP contribution >= 0.6 is 0 Å². The summed E-state index contributed by atoms with van der Waals surface area (Å²) < 4.78 is 0. The lowest BCUT2D eigenvalue weighted by molar-refractivity contribution is 0.235. The van der Waals surface area contributed by atoms with Crippen molar-refractivity contribution in [1.82, 2.24) is 10.2 Å². The van der Waals surface area contributed by atoms with E-state index in [-0.39, 0.29) is 6.04 Å². The number of aryl methyl sites for hydroxylation is 1. The van der Waals surface area contributed by atoms with Crippen LogP contribution in [0, 0.1) is 6.92 Å². The highest BCUT2D eigenvalue weighted by molar-refractivity contribution is 5.28. The van der Waals surface area contributed by atoms with Gasteiger partial charge in [0, 0.05) is 32.2 Å². The van der Waals surface area contributed by atoms with Crippen molar-refractivity contribution in [3.63, 3.8) is 0 Å². The summed E-state index contributed by atoms with van der Waals surface area (Å²) in [6.45, 7) is 7.94. The van der Waals surface area contributed by atoms with Gasteiger partial charge in [0.05, 0.1) is 0 Å². The topological polar surface area (TPSA) is 41.3 Å². The molecule has 1 fully saturated rings. The average molecular weight is 247 g/mol. The molecule has 3 heteroatoms. The van der Waals surface area contributed by atoms with Gasteiger partial charge in [0.1, 0.15) is 0 Å². The quantitative estimate of drug-likeness (QED) is 0.832. The van der Waals surface area contributed by atoms with Crippen molar-refractivity contribution in [2.45, 2.75) is 25.8 Å². The summed E-state index contributed by atoms with van der Waals surface area (Å²) in [5.41, 5.74) is 8.90. The van der Waals surface area contributed by atoms with Gasteiger partial charge in [-0.3, -0.25) is 0 Å². The number of nitrogens with one attached hydrogen (secondary N) is 1. The van der Waals surface area contributed by atoms with E-state index in [0.29, 0.717) is 0 Å². The lowest BCUT2D eigenvalue weighted by atomic mass is 9.98. The molecule has 1 aliphatic heterocycles. The highest BCUT2D eigenvalue weighted by atomic mass is 15.2. The lowest BCUT2D eigenvalue weighted by Gasteiger charge is -2.27. The first-order valence-corrected chi connectivity index (χ1v) is 7.01.